The highest BCUT2D eigenvalue weighted by molar-refractivity contribution is 5.76. The topological polar surface area (TPSA) is 38.3 Å². The second-order valence-corrected chi connectivity index (χ2v) is 4.89. The molecule has 1 fully saturated rings. The first-order valence-corrected chi connectivity index (χ1v) is 6.63. The highest BCUT2D eigenvalue weighted by Crippen LogP contribution is 2.33. The van der Waals surface area contributed by atoms with Crippen LogP contribution in [0.2, 0.25) is 0 Å². The molecule has 1 aliphatic carbocycles. The van der Waals surface area contributed by atoms with Crippen LogP contribution in [0.1, 0.15) is 30.9 Å². The van der Waals surface area contributed by atoms with Crippen LogP contribution < -0.4 is 5.32 Å². The van der Waals surface area contributed by atoms with Gasteiger partial charge in [-0.2, -0.15) is 0 Å². The summed E-state index contributed by atoms with van der Waals surface area (Å²) in [7, 11) is 1.45. The second kappa shape index (κ2) is 6.01. The maximum atomic E-state index is 11.6. The van der Waals surface area contributed by atoms with Gasteiger partial charge in [-0.25, -0.2) is 0 Å². The summed E-state index contributed by atoms with van der Waals surface area (Å²) in [6, 6.07) is 8.38. The lowest BCUT2D eigenvalue weighted by atomic mass is 10.1. The van der Waals surface area contributed by atoms with Crippen LogP contribution in [0, 0.1) is 5.92 Å². The Labute approximate surface area is 109 Å². The van der Waals surface area contributed by atoms with Gasteiger partial charge in [0.1, 0.15) is 6.04 Å². The molecule has 0 bridgehead atoms. The van der Waals surface area contributed by atoms with E-state index in [1.165, 1.54) is 18.2 Å². The standard InChI is InChI=1S/C15H21NO2/c1-3-11-4-6-12(7-5-11)10-16-14(13-8-9-13)15(17)18-2/h4-7,13-14,16H,3,8-10H2,1-2H3. The molecule has 0 aromatic heterocycles. The molecule has 1 saturated carbocycles. The monoisotopic (exact) mass is 247 g/mol. The van der Waals surface area contributed by atoms with E-state index in [1.54, 1.807) is 0 Å². The van der Waals surface area contributed by atoms with E-state index in [1.807, 2.05) is 0 Å². The summed E-state index contributed by atoms with van der Waals surface area (Å²) in [5.74, 6) is 0.329. The van der Waals surface area contributed by atoms with Gasteiger partial charge in [0.05, 0.1) is 7.11 Å². The summed E-state index contributed by atoms with van der Waals surface area (Å²) >= 11 is 0. The predicted octanol–water partition coefficient (Wildman–Crippen LogP) is 2.29. The molecule has 1 atom stereocenters. The number of carbonyl (C=O) groups excluding carboxylic acids is 1. The zero-order valence-electron chi connectivity index (χ0n) is 11.1. The van der Waals surface area contributed by atoms with Gasteiger partial charge in [-0.05, 0) is 36.3 Å². The Bertz CT molecular complexity index is 395. The average Bonchev–Trinajstić information content (AvgIpc) is 3.24. The largest absolute Gasteiger partial charge is 0.468 e. The van der Waals surface area contributed by atoms with Gasteiger partial charge in [0, 0.05) is 6.54 Å². The number of nitrogens with one attached hydrogen (secondary N) is 1. The van der Waals surface area contributed by atoms with E-state index in [-0.39, 0.29) is 12.0 Å². The van der Waals surface area contributed by atoms with E-state index in [2.05, 4.69) is 36.5 Å². The Morgan fingerprint density at radius 2 is 1.94 bits per heavy atom. The SMILES string of the molecule is CCc1ccc(CNC(C(=O)OC)C2CC2)cc1. The number of esters is 1. The number of aryl methyl sites for hydroxylation is 1. The van der Waals surface area contributed by atoms with E-state index >= 15 is 0 Å². The number of benzene rings is 1. The fraction of sp³-hybridized carbons (Fsp3) is 0.533. The number of rotatable bonds is 6. The Morgan fingerprint density at radius 1 is 1.33 bits per heavy atom. The molecular weight excluding hydrogens is 226 g/mol. The van der Waals surface area contributed by atoms with E-state index in [0.29, 0.717) is 5.92 Å². The molecule has 0 aliphatic heterocycles. The van der Waals surface area contributed by atoms with Gasteiger partial charge in [0.2, 0.25) is 0 Å². The van der Waals surface area contributed by atoms with Crippen molar-refractivity contribution in [2.45, 2.75) is 38.8 Å². The van der Waals surface area contributed by atoms with Gasteiger partial charge in [-0.1, -0.05) is 31.2 Å². The highest BCUT2D eigenvalue weighted by Gasteiger charge is 2.36. The van der Waals surface area contributed by atoms with Crippen molar-refractivity contribution in [1.82, 2.24) is 5.32 Å². The fourth-order valence-corrected chi connectivity index (χ4v) is 2.12. The third-order valence-electron chi connectivity index (χ3n) is 3.51. The first-order valence-electron chi connectivity index (χ1n) is 6.63. The van der Waals surface area contributed by atoms with Gasteiger partial charge in [0.15, 0.2) is 0 Å². The summed E-state index contributed by atoms with van der Waals surface area (Å²) in [6.07, 6.45) is 3.31. The zero-order valence-corrected chi connectivity index (χ0v) is 11.1. The Morgan fingerprint density at radius 3 is 2.44 bits per heavy atom. The maximum Gasteiger partial charge on any atom is 0.323 e. The maximum absolute atomic E-state index is 11.6. The third-order valence-corrected chi connectivity index (χ3v) is 3.51. The second-order valence-electron chi connectivity index (χ2n) is 4.89. The average molecular weight is 247 g/mol. The van der Waals surface area contributed by atoms with Crippen molar-refractivity contribution in [2.75, 3.05) is 7.11 Å². The molecule has 0 saturated heterocycles. The van der Waals surface area contributed by atoms with Gasteiger partial charge in [0.25, 0.3) is 0 Å². The van der Waals surface area contributed by atoms with Gasteiger partial charge >= 0.3 is 5.97 Å². The first-order chi connectivity index (χ1) is 8.74. The minimum Gasteiger partial charge on any atom is -0.468 e. The van der Waals surface area contributed by atoms with Crippen LogP contribution in [0.25, 0.3) is 0 Å². The summed E-state index contributed by atoms with van der Waals surface area (Å²) in [6.45, 7) is 2.87. The fourth-order valence-electron chi connectivity index (χ4n) is 2.12. The van der Waals surface area contributed by atoms with E-state index in [0.717, 1.165) is 25.8 Å². The molecule has 3 heteroatoms. The predicted molar refractivity (Wildman–Crippen MR) is 71.2 cm³/mol. The van der Waals surface area contributed by atoms with Crippen LogP contribution in [0.15, 0.2) is 24.3 Å². The summed E-state index contributed by atoms with van der Waals surface area (Å²) in [5, 5.41) is 3.31. The molecular formula is C15H21NO2. The van der Waals surface area contributed by atoms with E-state index < -0.39 is 0 Å². The lowest BCUT2D eigenvalue weighted by Gasteiger charge is -2.15. The molecule has 0 amide bonds. The van der Waals surface area contributed by atoms with Crippen molar-refractivity contribution < 1.29 is 9.53 Å². The molecule has 1 aromatic carbocycles. The normalized spacial score (nSPS) is 16.3. The van der Waals surface area contributed by atoms with Crippen molar-refractivity contribution in [3.8, 4) is 0 Å². The minimum absolute atomic E-state index is 0.136. The van der Waals surface area contributed by atoms with Crippen LogP contribution in [-0.2, 0) is 22.5 Å². The van der Waals surface area contributed by atoms with E-state index in [4.69, 9.17) is 4.74 Å². The number of carbonyl (C=O) groups is 1. The molecule has 1 unspecified atom stereocenters. The van der Waals surface area contributed by atoms with Crippen LogP contribution in [0.3, 0.4) is 0 Å². The summed E-state index contributed by atoms with van der Waals surface area (Å²) in [4.78, 5) is 11.6. The van der Waals surface area contributed by atoms with Crippen LogP contribution in [-0.4, -0.2) is 19.1 Å². The minimum atomic E-state index is -0.138. The van der Waals surface area contributed by atoms with Crippen molar-refractivity contribution in [3.05, 3.63) is 35.4 Å². The smallest absolute Gasteiger partial charge is 0.323 e. The van der Waals surface area contributed by atoms with Gasteiger partial charge in [-0.15, -0.1) is 0 Å². The summed E-state index contributed by atoms with van der Waals surface area (Å²) < 4.78 is 4.84. The molecule has 0 heterocycles. The lowest BCUT2D eigenvalue weighted by Crippen LogP contribution is -2.39. The van der Waals surface area contributed by atoms with Crippen molar-refractivity contribution >= 4 is 5.97 Å². The van der Waals surface area contributed by atoms with Crippen LogP contribution in [0.4, 0.5) is 0 Å². The quantitative estimate of drug-likeness (QED) is 0.784. The van der Waals surface area contributed by atoms with E-state index in [9.17, 15) is 4.79 Å². The zero-order chi connectivity index (χ0) is 13.0. The number of hydrogen-bond acceptors (Lipinski definition) is 3. The van der Waals surface area contributed by atoms with Crippen LogP contribution >= 0.6 is 0 Å². The highest BCUT2D eigenvalue weighted by atomic mass is 16.5. The number of hydrogen-bond donors (Lipinski definition) is 1. The van der Waals surface area contributed by atoms with Crippen LogP contribution in [0.5, 0.6) is 0 Å². The Kier molecular flexibility index (Phi) is 4.37. The lowest BCUT2D eigenvalue weighted by molar-refractivity contribution is -0.143. The van der Waals surface area contributed by atoms with Crippen molar-refractivity contribution in [1.29, 1.82) is 0 Å². The van der Waals surface area contributed by atoms with Gasteiger partial charge < -0.3 is 10.1 Å². The number of ether oxygens (including phenoxy) is 1. The molecule has 98 valence electrons. The Hall–Kier alpha value is -1.35. The first kappa shape index (κ1) is 13.1. The number of methoxy groups -OCH3 is 1. The molecule has 18 heavy (non-hydrogen) atoms. The Balaban J connectivity index is 1.90. The molecule has 3 nitrogen and oxygen atoms in total. The van der Waals surface area contributed by atoms with Crippen molar-refractivity contribution in [3.63, 3.8) is 0 Å². The third kappa shape index (κ3) is 3.33. The molecule has 1 aromatic rings. The molecule has 1 N–H and O–H groups in total. The molecule has 1 aliphatic rings. The molecule has 2 rings (SSSR count). The molecule has 0 spiro atoms. The summed E-state index contributed by atoms with van der Waals surface area (Å²) in [5.41, 5.74) is 2.55. The van der Waals surface area contributed by atoms with Gasteiger partial charge in [-0.3, -0.25) is 4.79 Å². The van der Waals surface area contributed by atoms with Crippen molar-refractivity contribution in [2.24, 2.45) is 5.92 Å². The molecule has 0 radical (unpaired) electrons.